The number of nitrogens with zero attached hydrogens (tertiary/aromatic N) is 1. The van der Waals surface area contributed by atoms with E-state index in [2.05, 4.69) is 28.3 Å². The number of rotatable bonds is 4. The number of nitrogen functional groups attached to an aromatic ring is 1. The standard InChI is InChI=1S/C16H18N6S/c1-20-12-4-2-3-10(7-12)15(19)22-16(23)21-13-5-6-14(18)11(8-13)9-17/h2-9,17,20H,18H2,1H3,(H3,19,21,22,23). The van der Waals surface area contributed by atoms with Crippen molar-refractivity contribution in [2.75, 3.05) is 23.4 Å². The van der Waals surface area contributed by atoms with Gasteiger partial charge in [-0.15, -0.1) is 12.6 Å². The second-order valence-corrected chi connectivity index (χ2v) is 5.15. The Kier molecular flexibility index (Phi) is 5.37. The van der Waals surface area contributed by atoms with Crippen LogP contribution in [0.5, 0.6) is 0 Å². The first kappa shape index (κ1) is 16.6. The summed E-state index contributed by atoms with van der Waals surface area (Å²) in [4.78, 5) is 4.13. The van der Waals surface area contributed by atoms with E-state index >= 15 is 0 Å². The van der Waals surface area contributed by atoms with E-state index in [4.69, 9.17) is 16.6 Å². The van der Waals surface area contributed by atoms with Crippen LogP contribution in [0, 0.1) is 10.8 Å². The lowest BCUT2D eigenvalue weighted by atomic mass is 10.2. The second kappa shape index (κ2) is 7.46. The molecule has 0 aliphatic rings. The number of thiol groups is 1. The van der Waals surface area contributed by atoms with Crippen molar-refractivity contribution in [2.45, 2.75) is 0 Å². The van der Waals surface area contributed by atoms with Gasteiger partial charge in [0.15, 0.2) is 11.0 Å². The molecule has 0 atom stereocenters. The third kappa shape index (κ3) is 4.33. The van der Waals surface area contributed by atoms with E-state index < -0.39 is 0 Å². The molecule has 0 fully saturated rings. The Morgan fingerprint density at radius 2 is 2.00 bits per heavy atom. The fraction of sp³-hybridized carbons (Fsp3) is 0.0625. The Hall–Kier alpha value is -2.80. The number of nitrogens with one attached hydrogen (secondary N) is 4. The van der Waals surface area contributed by atoms with Crippen molar-refractivity contribution in [2.24, 2.45) is 4.99 Å². The van der Waals surface area contributed by atoms with Gasteiger partial charge in [0.25, 0.3) is 0 Å². The van der Waals surface area contributed by atoms with Crippen LogP contribution >= 0.6 is 12.6 Å². The average molecular weight is 326 g/mol. The first-order valence-corrected chi connectivity index (χ1v) is 7.29. The third-order valence-electron chi connectivity index (χ3n) is 3.14. The topological polar surface area (TPSA) is 110 Å². The highest BCUT2D eigenvalue weighted by molar-refractivity contribution is 7.97. The van der Waals surface area contributed by atoms with E-state index in [1.54, 1.807) is 18.2 Å². The molecule has 0 bridgehead atoms. The minimum absolute atomic E-state index is 0.0994. The molecule has 0 spiro atoms. The van der Waals surface area contributed by atoms with Crippen LogP contribution in [0.3, 0.4) is 0 Å². The molecule has 6 N–H and O–H groups in total. The number of hydrogen-bond donors (Lipinski definition) is 6. The number of amidine groups is 2. The SMILES string of the molecule is CNc1cccc(C(=N)/N=C(\S)Nc2ccc(N)c(C=N)c2)c1. The van der Waals surface area contributed by atoms with Gasteiger partial charge in [0, 0.05) is 41.5 Å². The van der Waals surface area contributed by atoms with Crippen LogP contribution in [-0.2, 0) is 0 Å². The van der Waals surface area contributed by atoms with Gasteiger partial charge in [-0.3, -0.25) is 5.41 Å². The maximum Gasteiger partial charge on any atom is 0.164 e. The molecule has 0 unspecified atom stereocenters. The van der Waals surface area contributed by atoms with Crippen molar-refractivity contribution in [3.63, 3.8) is 0 Å². The molecule has 0 radical (unpaired) electrons. The van der Waals surface area contributed by atoms with E-state index in [0.29, 0.717) is 22.5 Å². The molecule has 0 aromatic heterocycles. The van der Waals surface area contributed by atoms with Gasteiger partial charge in [-0.1, -0.05) is 12.1 Å². The first-order valence-electron chi connectivity index (χ1n) is 6.85. The van der Waals surface area contributed by atoms with Crippen molar-refractivity contribution in [3.8, 4) is 0 Å². The van der Waals surface area contributed by atoms with Crippen molar-refractivity contribution < 1.29 is 0 Å². The highest BCUT2D eigenvalue weighted by Crippen LogP contribution is 2.17. The quantitative estimate of drug-likeness (QED) is 0.225. The largest absolute Gasteiger partial charge is 0.398 e. The lowest BCUT2D eigenvalue weighted by Crippen LogP contribution is -2.09. The van der Waals surface area contributed by atoms with Crippen LogP contribution in [0.1, 0.15) is 11.1 Å². The van der Waals surface area contributed by atoms with Crippen molar-refractivity contribution in [3.05, 3.63) is 53.6 Å². The number of nitrogens with two attached hydrogens (primary N) is 1. The molecule has 6 nitrogen and oxygen atoms in total. The highest BCUT2D eigenvalue weighted by atomic mass is 32.1. The summed E-state index contributed by atoms with van der Waals surface area (Å²) in [6.07, 6.45) is 1.18. The van der Waals surface area contributed by atoms with Gasteiger partial charge < -0.3 is 21.8 Å². The van der Waals surface area contributed by atoms with E-state index in [1.165, 1.54) is 6.21 Å². The molecule has 2 aromatic carbocycles. The van der Waals surface area contributed by atoms with Crippen LogP contribution in [0.2, 0.25) is 0 Å². The molecule has 0 heterocycles. The Balaban J connectivity index is 2.15. The Morgan fingerprint density at radius 3 is 2.70 bits per heavy atom. The molecule has 0 saturated heterocycles. The fourth-order valence-electron chi connectivity index (χ4n) is 1.93. The van der Waals surface area contributed by atoms with E-state index in [0.717, 1.165) is 5.69 Å². The summed E-state index contributed by atoms with van der Waals surface area (Å²) in [5.74, 6) is 0.0994. The molecule has 7 heteroatoms. The summed E-state index contributed by atoms with van der Waals surface area (Å²) in [7, 11) is 1.82. The summed E-state index contributed by atoms with van der Waals surface area (Å²) >= 11 is 4.26. The van der Waals surface area contributed by atoms with Crippen LogP contribution in [0.4, 0.5) is 17.1 Å². The molecule has 2 rings (SSSR count). The Labute approximate surface area is 140 Å². The summed E-state index contributed by atoms with van der Waals surface area (Å²) in [5.41, 5.74) is 9.17. The molecule has 118 valence electrons. The summed E-state index contributed by atoms with van der Waals surface area (Å²) in [6, 6.07) is 12.6. The average Bonchev–Trinajstić information content (AvgIpc) is 2.56. The zero-order chi connectivity index (χ0) is 16.8. The Morgan fingerprint density at radius 1 is 1.22 bits per heavy atom. The highest BCUT2D eigenvalue weighted by Gasteiger charge is 2.04. The van der Waals surface area contributed by atoms with Crippen LogP contribution < -0.4 is 16.4 Å². The third-order valence-corrected chi connectivity index (χ3v) is 3.35. The molecule has 0 amide bonds. The van der Waals surface area contributed by atoms with Gasteiger partial charge in [-0.2, -0.15) is 0 Å². The van der Waals surface area contributed by atoms with Crippen LogP contribution in [0.25, 0.3) is 0 Å². The zero-order valence-electron chi connectivity index (χ0n) is 12.6. The van der Waals surface area contributed by atoms with E-state index in [9.17, 15) is 0 Å². The van der Waals surface area contributed by atoms with Gasteiger partial charge in [0.1, 0.15) is 0 Å². The second-order valence-electron chi connectivity index (χ2n) is 4.73. The molecule has 2 aromatic rings. The maximum atomic E-state index is 8.05. The Bertz CT molecular complexity index is 769. The van der Waals surface area contributed by atoms with Crippen LogP contribution in [0.15, 0.2) is 47.5 Å². The predicted octanol–water partition coefficient (Wildman–Crippen LogP) is 3.03. The lowest BCUT2D eigenvalue weighted by Gasteiger charge is -2.08. The number of anilines is 3. The lowest BCUT2D eigenvalue weighted by molar-refractivity contribution is 1.41. The number of hydrogen-bond acceptors (Lipinski definition) is 4. The van der Waals surface area contributed by atoms with Crippen molar-refractivity contribution >= 4 is 46.9 Å². The van der Waals surface area contributed by atoms with Gasteiger partial charge >= 0.3 is 0 Å². The van der Waals surface area contributed by atoms with Gasteiger partial charge in [-0.25, -0.2) is 4.99 Å². The van der Waals surface area contributed by atoms with Crippen LogP contribution in [-0.4, -0.2) is 24.3 Å². The molecule has 0 saturated carbocycles. The number of aliphatic imine (C=N–C) groups is 1. The van der Waals surface area contributed by atoms with Crippen molar-refractivity contribution in [1.82, 2.24) is 0 Å². The minimum Gasteiger partial charge on any atom is -0.398 e. The zero-order valence-corrected chi connectivity index (χ0v) is 13.5. The van der Waals surface area contributed by atoms with E-state index in [-0.39, 0.29) is 11.0 Å². The van der Waals surface area contributed by atoms with Gasteiger partial charge in [0.2, 0.25) is 0 Å². The summed E-state index contributed by atoms with van der Waals surface area (Å²) in [6.45, 7) is 0. The molecule has 23 heavy (non-hydrogen) atoms. The predicted molar refractivity (Wildman–Crippen MR) is 102 cm³/mol. The van der Waals surface area contributed by atoms with Crippen molar-refractivity contribution in [1.29, 1.82) is 10.8 Å². The minimum atomic E-state index is 0.0994. The summed E-state index contributed by atoms with van der Waals surface area (Å²) in [5, 5.41) is 21.6. The smallest absolute Gasteiger partial charge is 0.164 e. The van der Waals surface area contributed by atoms with Gasteiger partial charge in [-0.05, 0) is 30.3 Å². The molecular weight excluding hydrogens is 308 g/mol. The fourth-order valence-corrected chi connectivity index (χ4v) is 2.16. The molecule has 0 aliphatic carbocycles. The number of benzene rings is 2. The molecular formula is C16H18N6S. The normalized spacial score (nSPS) is 11.0. The van der Waals surface area contributed by atoms with Gasteiger partial charge in [0.05, 0.1) is 0 Å². The van der Waals surface area contributed by atoms with E-state index in [1.807, 2.05) is 31.3 Å². The first-order chi connectivity index (χ1) is 11.0. The monoisotopic (exact) mass is 326 g/mol. The molecule has 0 aliphatic heterocycles. The maximum absolute atomic E-state index is 8.05. The summed E-state index contributed by atoms with van der Waals surface area (Å²) < 4.78 is 0.